The lowest BCUT2D eigenvalue weighted by Gasteiger charge is -2.13. The van der Waals surface area contributed by atoms with Crippen LogP contribution < -0.4 is 10.2 Å². The van der Waals surface area contributed by atoms with Crippen molar-refractivity contribution in [3.63, 3.8) is 0 Å². The molecule has 0 amide bonds. The number of rotatable bonds is 3. The molecule has 0 radical (unpaired) electrons. The van der Waals surface area contributed by atoms with Crippen LogP contribution in [0.25, 0.3) is 21.8 Å². The van der Waals surface area contributed by atoms with Gasteiger partial charge in [-0.3, -0.25) is 0 Å². The van der Waals surface area contributed by atoms with Crippen LogP contribution in [0.3, 0.4) is 0 Å². The third-order valence-electron chi connectivity index (χ3n) is 3.83. The van der Waals surface area contributed by atoms with Crippen molar-refractivity contribution in [3.8, 4) is 0 Å². The first-order valence-electron chi connectivity index (χ1n) is 7.23. The number of hydrogen-bond acceptors (Lipinski definition) is 2. The fourth-order valence-corrected chi connectivity index (χ4v) is 2.78. The van der Waals surface area contributed by atoms with Crippen molar-refractivity contribution in [1.29, 1.82) is 0 Å². The molecule has 0 saturated carbocycles. The highest BCUT2D eigenvalue weighted by Crippen LogP contribution is 2.27. The lowest BCUT2D eigenvalue weighted by Crippen LogP contribution is -2.41. The summed E-state index contributed by atoms with van der Waals surface area (Å²) in [5, 5.41) is 12.6. The van der Waals surface area contributed by atoms with Gasteiger partial charge < -0.3 is 9.78 Å². The monoisotopic (exact) mass is 287 g/mol. The van der Waals surface area contributed by atoms with Crippen LogP contribution in [-0.4, -0.2) is 16.9 Å². The van der Waals surface area contributed by atoms with E-state index in [9.17, 15) is 5.02 Å². The van der Waals surface area contributed by atoms with Gasteiger partial charge >= 0.3 is 7.12 Å². The summed E-state index contributed by atoms with van der Waals surface area (Å²) >= 11 is 0. The number of hydrogen-bond donors (Lipinski definition) is 1. The third-order valence-corrected chi connectivity index (χ3v) is 3.83. The second-order valence-electron chi connectivity index (χ2n) is 5.20. The molecule has 1 aromatic heterocycles. The van der Waals surface area contributed by atoms with Crippen molar-refractivity contribution in [1.82, 2.24) is 4.73 Å². The quantitative estimate of drug-likeness (QED) is 0.588. The summed E-state index contributed by atoms with van der Waals surface area (Å²) in [5.41, 5.74) is 2.61. The van der Waals surface area contributed by atoms with Crippen molar-refractivity contribution >= 4 is 34.4 Å². The summed E-state index contributed by atoms with van der Waals surface area (Å²) in [6.07, 6.45) is 0. The summed E-state index contributed by atoms with van der Waals surface area (Å²) in [5.74, 6) is 0. The summed E-state index contributed by atoms with van der Waals surface area (Å²) in [6, 6.07) is 25.4. The average molecular weight is 287 g/mol. The molecule has 0 unspecified atom stereocenters. The molecular weight excluding hydrogens is 273 g/mol. The highest BCUT2D eigenvalue weighted by atomic mass is 16.7. The van der Waals surface area contributed by atoms with E-state index in [1.807, 2.05) is 66.7 Å². The first-order valence-corrected chi connectivity index (χ1v) is 7.23. The molecule has 22 heavy (non-hydrogen) atoms. The zero-order valence-electron chi connectivity index (χ0n) is 11.9. The summed E-state index contributed by atoms with van der Waals surface area (Å²) in [7, 11) is -1.01. The Labute approximate surface area is 128 Å². The van der Waals surface area contributed by atoms with E-state index in [1.54, 1.807) is 4.73 Å². The zero-order valence-corrected chi connectivity index (χ0v) is 11.9. The molecule has 4 rings (SSSR count). The third kappa shape index (κ3) is 2.05. The van der Waals surface area contributed by atoms with Gasteiger partial charge in [-0.05, 0) is 17.6 Å². The lowest BCUT2D eigenvalue weighted by atomic mass is 9.80. The summed E-state index contributed by atoms with van der Waals surface area (Å²) in [4.78, 5) is 0. The molecule has 0 fully saturated rings. The largest absolute Gasteiger partial charge is 0.581 e. The molecule has 0 aliphatic rings. The molecule has 3 aromatic carbocycles. The van der Waals surface area contributed by atoms with Gasteiger partial charge in [0.2, 0.25) is 0 Å². The minimum atomic E-state index is -1.01. The van der Waals surface area contributed by atoms with E-state index in [1.165, 1.54) is 0 Å². The number of fused-ring (bicyclic) bond motifs is 3. The minimum Gasteiger partial charge on any atom is -0.442 e. The topological polar surface area (TPSA) is 34.4 Å². The average Bonchev–Trinajstić information content (AvgIpc) is 2.90. The number of benzene rings is 3. The van der Waals surface area contributed by atoms with Gasteiger partial charge in [0.25, 0.3) is 0 Å². The Hall–Kier alpha value is -2.72. The molecule has 0 saturated heterocycles. The van der Waals surface area contributed by atoms with E-state index in [4.69, 9.17) is 4.76 Å². The van der Waals surface area contributed by atoms with E-state index >= 15 is 0 Å². The van der Waals surface area contributed by atoms with E-state index < -0.39 is 7.12 Å². The van der Waals surface area contributed by atoms with Gasteiger partial charge in [-0.25, -0.2) is 4.73 Å². The molecule has 4 heteroatoms. The van der Waals surface area contributed by atoms with Crippen LogP contribution in [0.5, 0.6) is 0 Å². The normalized spacial score (nSPS) is 11.0. The van der Waals surface area contributed by atoms with Crippen LogP contribution >= 0.6 is 0 Å². The Kier molecular flexibility index (Phi) is 3.09. The second-order valence-corrected chi connectivity index (χ2v) is 5.20. The highest BCUT2D eigenvalue weighted by Gasteiger charge is 2.21. The van der Waals surface area contributed by atoms with E-state index in [0.717, 1.165) is 27.3 Å². The molecule has 0 atom stereocenters. The molecule has 4 aromatic rings. The van der Waals surface area contributed by atoms with Crippen LogP contribution in [0.1, 0.15) is 0 Å². The first kappa shape index (κ1) is 13.0. The second kappa shape index (κ2) is 5.24. The Morgan fingerprint density at radius 3 is 1.77 bits per heavy atom. The Bertz CT molecular complexity index is 880. The molecule has 0 spiro atoms. The van der Waals surface area contributed by atoms with Crippen molar-refractivity contribution < 1.29 is 9.78 Å². The van der Waals surface area contributed by atoms with Crippen LogP contribution in [0.2, 0.25) is 0 Å². The van der Waals surface area contributed by atoms with E-state index in [0.29, 0.717) is 0 Å². The van der Waals surface area contributed by atoms with Gasteiger partial charge in [-0.2, -0.15) is 0 Å². The highest BCUT2D eigenvalue weighted by molar-refractivity contribution is 6.60. The lowest BCUT2D eigenvalue weighted by molar-refractivity contribution is 0.259. The maximum atomic E-state index is 10.4. The van der Waals surface area contributed by atoms with Crippen molar-refractivity contribution in [2.24, 2.45) is 0 Å². The zero-order chi connectivity index (χ0) is 14.9. The molecule has 0 aliphatic heterocycles. The maximum Gasteiger partial charge on any atom is 0.581 e. The van der Waals surface area contributed by atoms with Gasteiger partial charge in [-0.15, -0.1) is 0 Å². The molecule has 1 heterocycles. The predicted molar refractivity (Wildman–Crippen MR) is 90.1 cm³/mol. The predicted octanol–water partition coefficient (Wildman–Crippen LogP) is 2.61. The minimum absolute atomic E-state index is 0.726. The number of aromatic nitrogens is 1. The van der Waals surface area contributed by atoms with Crippen LogP contribution in [0, 0.1) is 0 Å². The van der Waals surface area contributed by atoms with E-state index in [-0.39, 0.29) is 0 Å². The van der Waals surface area contributed by atoms with Crippen LogP contribution in [-0.2, 0) is 0 Å². The van der Waals surface area contributed by atoms with E-state index in [2.05, 4.69) is 12.1 Å². The molecule has 0 bridgehead atoms. The van der Waals surface area contributed by atoms with Crippen LogP contribution in [0.15, 0.2) is 78.9 Å². The number of para-hydroxylation sites is 2. The fraction of sp³-hybridized carbons (Fsp3) is 0. The van der Waals surface area contributed by atoms with Gasteiger partial charge in [0.15, 0.2) is 0 Å². The van der Waals surface area contributed by atoms with Gasteiger partial charge in [0, 0.05) is 10.8 Å². The fourth-order valence-electron chi connectivity index (χ4n) is 2.78. The van der Waals surface area contributed by atoms with Gasteiger partial charge in [0.05, 0.1) is 11.0 Å². The molecule has 3 nitrogen and oxygen atoms in total. The van der Waals surface area contributed by atoms with Gasteiger partial charge in [0.1, 0.15) is 0 Å². The summed E-state index contributed by atoms with van der Waals surface area (Å²) < 4.78 is 7.55. The Morgan fingerprint density at radius 2 is 1.18 bits per heavy atom. The van der Waals surface area contributed by atoms with Crippen LogP contribution in [0.4, 0.5) is 0 Å². The Balaban J connectivity index is 1.86. The van der Waals surface area contributed by atoms with Gasteiger partial charge in [-0.1, -0.05) is 66.7 Å². The number of nitrogens with zero attached hydrogens (tertiary/aromatic N) is 1. The smallest absolute Gasteiger partial charge is 0.442 e. The molecule has 1 N–H and O–H groups in total. The van der Waals surface area contributed by atoms with Crippen molar-refractivity contribution in [2.45, 2.75) is 0 Å². The first-order chi connectivity index (χ1) is 10.8. The maximum absolute atomic E-state index is 10.4. The summed E-state index contributed by atoms with van der Waals surface area (Å²) in [6.45, 7) is 0. The van der Waals surface area contributed by atoms with Crippen molar-refractivity contribution in [3.05, 3.63) is 78.9 Å². The van der Waals surface area contributed by atoms with Crippen molar-refractivity contribution in [2.75, 3.05) is 0 Å². The molecular formula is C18H14BNO2. The standard InChI is InChI=1S/C18H14BNO2/c21-19(14-8-2-1-3-9-14)22-20-17-12-6-4-10-15(17)16-11-5-7-13-18(16)20/h1-13,21H. The Morgan fingerprint density at radius 1 is 0.682 bits per heavy atom. The molecule has 0 aliphatic carbocycles. The SMILES string of the molecule is OB(On1c2ccccc2c2ccccc21)c1ccccc1. The molecule has 106 valence electrons.